The Hall–Kier alpha value is -3.12. The topological polar surface area (TPSA) is 65.4 Å². The van der Waals surface area contributed by atoms with Crippen LogP contribution in [0.4, 0.5) is 5.95 Å². The summed E-state index contributed by atoms with van der Waals surface area (Å²) in [6.07, 6.45) is 0. The van der Waals surface area contributed by atoms with Gasteiger partial charge in [-0.3, -0.25) is 4.57 Å². The first kappa shape index (κ1) is 18.3. The van der Waals surface area contributed by atoms with Crippen molar-refractivity contribution in [1.82, 2.24) is 9.55 Å². The van der Waals surface area contributed by atoms with E-state index in [0.29, 0.717) is 12.2 Å². The number of methoxy groups -OCH3 is 1. The number of hydrogen-bond donors (Lipinski definition) is 1. The Morgan fingerprint density at radius 2 is 1.86 bits per heavy atom. The smallest absolute Gasteiger partial charge is 0.338 e. The van der Waals surface area contributed by atoms with Gasteiger partial charge >= 0.3 is 5.97 Å². The first-order valence-electron chi connectivity index (χ1n) is 9.28. The van der Waals surface area contributed by atoms with E-state index in [1.54, 1.807) is 7.11 Å². The molecule has 1 atom stereocenters. The summed E-state index contributed by atoms with van der Waals surface area (Å²) >= 11 is 0. The molecule has 144 valence electrons. The van der Waals surface area contributed by atoms with Crippen molar-refractivity contribution in [1.29, 1.82) is 0 Å². The van der Waals surface area contributed by atoms with Crippen LogP contribution in [0.1, 0.15) is 24.1 Å². The lowest BCUT2D eigenvalue weighted by atomic mass is 9.92. The predicted octanol–water partition coefficient (Wildman–Crippen LogP) is 3.82. The Morgan fingerprint density at radius 3 is 2.64 bits per heavy atom. The summed E-state index contributed by atoms with van der Waals surface area (Å²) in [4.78, 5) is 17.8. The summed E-state index contributed by atoms with van der Waals surface area (Å²) in [6, 6.07) is 15.7. The zero-order valence-electron chi connectivity index (χ0n) is 16.2. The van der Waals surface area contributed by atoms with Gasteiger partial charge in [0.25, 0.3) is 0 Å². The lowest BCUT2D eigenvalue weighted by Gasteiger charge is -2.31. The number of carbonyl (C=O) groups excluding carboxylic acids is 1. The molecular weight excluding hydrogens is 354 g/mol. The summed E-state index contributed by atoms with van der Waals surface area (Å²) in [5.41, 5.74) is 5.33. The van der Waals surface area contributed by atoms with E-state index in [9.17, 15) is 4.79 Å². The highest BCUT2D eigenvalue weighted by atomic mass is 16.6. The number of esters is 1. The average molecular weight is 377 g/mol. The van der Waals surface area contributed by atoms with Gasteiger partial charge in [-0.15, -0.1) is 0 Å². The lowest BCUT2D eigenvalue weighted by Crippen LogP contribution is -2.29. The minimum Gasteiger partial charge on any atom is -0.460 e. The summed E-state index contributed by atoms with van der Waals surface area (Å²) in [6.45, 7) is 4.52. The first-order valence-corrected chi connectivity index (χ1v) is 9.28. The van der Waals surface area contributed by atoms with Crippen molar-refractivity contribution >= 4 is 23.0 Å². The molecule has 3 aromatic rings. The van der Waals surface area contributed by atoms with E-state index in [4.69, 9.17) is 14.5 Å². The van der Waals surface area contributed by atoms with Gasteiger partial charge in [-0.05, 0) is 37.1 Å². The number of hydrogen-bond acceptors (Lipinski definition) is 5. The second-order valence-electron chi connectivity index (χ2n) is 6.85. The number of imidazole rings is 1. The van der Waals surface area contributed by atoms with Gasteiger partial charge in [-0.2, -0.15) is 0 Å². The Balaban J connectivity index is 1.89. The van der Waals surface area contributed by atoms with Crippen molar-refractivity contribution in [2.24, 2.45) is 0 Å². The molecule has 0 unspecified atom stereocenters. The number of allylic oxidation sites excluding steroid dienone is 1. The number of carbonyl (C=O) groups is 1. The molecule has 0 fully saturated rings. The molecule has 6 nitrogen and oxygen atoms in total. The second-order valence-corrected chi connectivity index (χ2v) is 6.85. The number of nitrogens with one attached hydrogen (secondary N) is 1. The third-order valence-corrected chi connectivity index (χ3v) is 5.05. The molecule has 0 saturated carbocycles. The van der Waals surface area contributed by atoms with E-state index < -0.39 is 0 Å². The normalized spacial score (nSPS) is 16.0. The third-order valence-electron chi connectivity index (χ3n) is 5.05. The van der Waals surface area contributed by atoms with E-state index in [0.717, 1.165) is 33.8 Å². The highest BCUT2D eigenvalue weighted by molar-refractivity contribution is 5.94. The minimum atomic E-state index is -0.348. The van der Waals surface area contributed by atoms with Crippen LogP contribution in [-0.4, -0.2) is 35.8 Å². The highest BCUT2D eigenvalue weighted by Gasteiger charge is 2.35. The van der Waals surface area contributed by atoms with E-state index in [-0.39, 0.29) is 18.6 Å². The van der Waals surface area contributed by atoms with Crippen LogP contribution in [0.3, 0.4) is 0 Å². The summed E-state index contributed by atoms with van der Waals surface area (Å²) < 4.78 is 12.6. The van der Waals surface area contributed by atoms with Crippen molar-refractivity contribution in [3.8, 4) is 0 Å². The fraction of sp³-hybridized carbons (Fsp3) is 0.273. The molecule has 0 saturated heterocycles. The Bertz CT molecular complexity index is 1070. The molecule has 0 radical (unpaired) electrons. The molecule has 6 heteroatoms. The number of aromatic nitrogens is 2. The maximum atomic E-state index is 13.0. The van der Waals surface area contributed by atoms with Gasteiger partial charge in [0.05, 0.1) is 29.3 Å². The Morgan fingerprint density at radius 1 is 1.11 bits per heavy atom. The molecular formula is C22H23N3O3. The summed E-state index contributed by atoms with van der Waals surface area (Å²) in [7, 11) is 1.58. The van der Waals surface area contributed by atoms with Gasteiger partial charge in [0.15, 0.2) is 0 Å². The molecule has 0 amide bonds. The molecule has 1 aliphatic rings. The molecule has 0 bridgehead atoms. The van der Waals surface area contributed by atoms with E-state index in [1.807, 2.05) is 43.3 Å². The van der Waals surface area contributed by atoms with Crippen LogP contribution in [0.5, 0.6) is 0 Å². The number of ether oxygens (including phenoxy) is 2. The number of benzene rings is 2. The van der Waals surface area contributed by atoms with Crippen molar-refractivity contribution < 1.29 is 14.3 Å². The molecule has 4 rings (SSSR count). The van der Waals surface area contributed by atoms with Crippen molar-refractivity contribution in [2.75, 3.05) is 25.6 Å². The Kier molecular flexibility index (Phi) is 4.88. The number of rotatable bonds is 5. The quantitative estimate of drug-likeness (QED) is 0.541. The monoisotopic (exact) mass is 377 g/mol. The van der Waals surface area contributed by atoms with Crippen LogP contribution in [0.25, 0.3) is 11.0 Å². The van der Waals surface area contributed by atoms with Gasteiger partial charge < -0.3 is 14.8 Å². The molecule has 0 aliphatic carbocycles. The van der Waals surface area contributed by atoms with E-state index in [1.165, 1.54) is 0 Å². The van der Waals surface area contributed by atoms with Crippen molar-refractivity contribution in [3.63, 3.8) is 0 Å². The molecule has 28 heavy (non-hydrogen) atoms. The van der Waals surface area contributed by atoms with Gasteiger partial charge in [0.2, 0.25) is 5.95 Å². The lowest BCUT2D eigenvalue weighted by molar-refractivity contribution is -0.140. The largest absolute Gasteiger partial charge is 0.460 e. The van der Waals surface area contributed by atoms with Crippen LogP contribution < -0.4 is 5.32 Å². The van der Waals surface area contributed by atoms with Crippen LogP contribution in [-0.2, 0) is 14.3 Å². The van der Waals surface area contributed by atoms with Crippen molar-refractivity contribution in [2.45, 2.75) is 19.9 Å². The molecule has 1 aromatic heterocycles. The van der Waals surface area contributed by atoms with Crippen LogP contribution in [0.2, 0.25) is 0 Å². The zero-order valence-corrected chi connectivity index (χ0v) is 16.2. The molecule has 2 heterocycles. The summed E-state index contributed by atoms with van der Waals surface area (Å²) in [5.74, 6) is 0.374. The van der Waals surface area contributed by atoms with Gasteiger partial charge in [-0.1, -0.05) is 36.4 Å². The zero-order chi connectivity index (χ0) is 19.7. The van der Waals surface area contributed by atoms with Crippen LogP contribution in [0.15, 0.2) is 59.8 Å². The molecule has 1 N–H and O–H groups in total. The second kappa shape index (κ2) is 7.48. The maximum Gasteiger partial charge on any atom is 0.338 e. The van der Waals surface area contributed by atoms with Crippen LogP contribution >= 0.6 is 0 Å². The Labute approximate surface area is 163 Å². The number of fused-ring (bicyclic) bond motifs is 3. The van der Waals surface area contributed by atoms with Gasteiger partial charge in [-0.25, -0.2) is 9.78 Å². The van der Waals surface area contributed by atoms with Crippen LogP contribution in [0, 0.1) is 6.92 Å². The SMILES string of the molecule is COCCOC(=O)C1=C(C)Nc2nc3ccccc3n2[C@@H]1c1ccccc1C. The van der Waals surface area contributed by atoms with Gasteiger partial charge in [0.1, 0.15) is 6.61 Å². The molecule has 0 spiro atoms. The third kappa shape index (κ3) is 3.05. The average Bonchev–Trinajstić information content (AvgIpc) is 3.05. The fourth-order valence-corrected chi connectivity index (χ4v) is 3.71. The standard InChI is InChI=1S/C22H23N3O3/c1-14-8-4-5-9-16(14)20-19(21(26)28-13-12-27-3)15(2)23-22-24-17-10-6-7-11-18(17)25(20)22/h4-11,20H,12-13H2,1-3H3,(H,23,24)/t20-/m1/s1. The number of aryl methyl sites for hydroxylation is 1. The highest BCUT2D eigenvalue weighted by Crippen LogP contribution is 2.40. The van der Waals surface area contributed by atoms with Gasteiger partial charge in [0, 0.05) is 12.8 Å². The fourth-order valence-electron chi connectivity index (χ4n) is 3.71. The summed E-state index contributed by atoms with van der Waals surface area (Å²) in [5, 5.41) is 3.29. The maximum absolute atomic E-state index is 13.0. The predicted molar refractivity (Wildman–Crippen MR) is 108 cm³/mol. The number of nitrogens with zero attached hydrogens (tertiary/aromatic N) is 2. The van der Waals surface area contributed by atoms with E-state index in [2.05, 4.69) is 28.9 Å². The van der Waals surface area contributed by atoms with E-state index >= 15 is 0 Å². The number of para-hydroxylation sites is 2. The molecule has 1 aliphatic heterocycles. The first-order chi connectivity index (χ1) is 13.6. The molecule has 2 aromatic carbocycles. The number of anilines is 1. The van der Waals surface area contributed by atoms with Crippen molar-refractivity contribution in [3.05, 3.63) is 70.9 Å². The minimum absolute atomic E-state index is 0.212.